The van der Waals surface area contributed by atoms with Crippen molar-refractivity contribution in [2.24, 2.45) is 0 Å². The van der Waals surface area contributed by atoms with Crippen molar-refractivity contribution in [1.29, 1.82) is 0 Å². The zero-order valence-electron chi connectivity index (χ0n) is 17.5. The van der Waals surface area contributed by atoms with E-state index in [1.165, 1.54) is 11.3 Å². The van der Waals surface area contributed by atoms with Crippen LogP contribution in [0.5, 0.6) is 0 Å². The predicted octanol–water partition coefficient (Wildman–Crippen LogP) is 4.06. The van der Waals surface area contributed by atoms with E-state index in [0.717, 1.165) is 60.4 Å². The van der Waals surface area contributed by atoms with E-state index in [0.29, 0.717) is 0 Å². The minimum absolute atomic E-state index is 0.132. The molecule has 0 atom stereocenters. The van der Waals surface area contributed by atoms with Crippen molar-refractivity contribution in [1.82, 2.24) is 19.2 Å². The molecule has 30 heavy (non-hydrogen) atoms. The molecule has 4 aromatic rings. The first kappa shape index (κ1) is 18.8. The van der Waals surface area contributed by atoms with E-state index in [4.69, 9.17) is 4.98 Å². The molecular weight excluding hydrogens is 372 g/mol. The zero-order valence-corrected chi connectivity index (χ0v) is 17.5. The van der Waals surface area contributed by atoms with Crippen LogP contribution in [-0.2, 0) is 6.54 Å². The zero-order chi connectivity index (χ0) is 20.7. The van der Waals surface area contributed by atoms with Gasteiger partial charge < -0.3 is 9.30 Å². The topological polar surface area (TPSA) is 40.9 Å². The molecule has 2 aromatic carbocycles. The minimum Gasteiger partial charge on any atom is -0.336 e. The van der Waals surface area contributed by atoms with Gasteiger partial charge in [-0.1, -0.05) is 36.4 Å². The molecule has 0 spiro atoms. The molecule has 0 bridgehead atoms. The summed E-state index contributed by atoms with van der Waals surface area (Å²) in [7, 11) is 0. The minimum atomic E-state index is 0.132. The molecule has 3 heterocycles. The number of carbonyl (C=O) groups excluding carboxylic acids is 1. The van der Waals surface area contributed by atoms with Crippen LogP contribution in [0.4, 0.5) is 0 Å². The number of hydrogen-bond acceptors (Lipinski definition) is 3. The fourth-order valence-corrected chi connectivity index (χ4v) is 4.41. The molecule has 1 aliphatic rings. The Morgan fingerprint density at radius 2 is 1.73 bits per heavy atom. The first-order valence-electron chi connectivity index (χ1n) is 10.5. The summed E-state index contributed by atoms with van der Waals surface area (Å²) >= 11 is 0. The lowest BCUT2D eigenvalue weighted by Crippen LogP contribution is -2.48. The lowest BCUT2D eigenvalue weighted by molar-refractivity contribution is 0.0628. The molecule has 5 rings (SSSR count). The number of nitrogens with zero attached hydrogens (tertiary/aromatic N) is 4. The summed E-state index contributed by atoms with van der Waals surface area (Å²) < 4.78 is 2.19. The molecule has 0 radical (unpaired) electrons. The number of hydrogen-bond donors (Lipinski definition) is 0. The molecule has 1 aliphatic heterocycles. The van der Waals surface area contributed by atoms with Gasteiger partial charge in [-0.3, -0.25) is 9.69 Å². The maximum absolute atomic E-state index is 13.2. The average Bonchev–Trinajstić information content (AvgIpc) is 3.07. The quantitative estimate of drug-likeness (QED) is 0.523. The van der Waals surface area contributed by atoms with Gasteiger partial charge in [-0.15, -0.1) is 0 Å². The van der Waals surface area contributed by atoms with Crippen molar-refractivity contribution in [3.63, 3.8) is 0 Å². The number of aromatic nitrogens is 2. The number of carbonyl (C=O) groups is 1. The second-order valence-electron chi connectivity index (χ2n) is 8.17. The highest BCUT2D eigenvalue weighted by atomic mass is 16.2. The largest absolute Gasteiger partial charge is 0.336 e. The number of aryl methyl sites for hydroxylation is 2. The number of rotatable bonds is 3. The van der Waals surface area contributed by atoms with Gasteiger partial charge >= 0.3 is 0 Å². The van der Waals surface area contributed by atoms with Gasteiger partial charge in [-0.05, 0) is 48.4 Å². The van der Waals surface area contributed by atoms with Crippen molar-refractivity contribution >= 4 is 22.3 Å². The highest BCUT2D eigenvalue weighted by Gasteiger charge is 2.24. The number of piperazine rings is 1. The van der Waals surface area contributed by atoms with Crippen LogP contribution in [0, 0.1) is 13.8 Å². The second-order valence-corrected chi connectivity index (χ2v) is 8.17. The average molecular weight is 399 g/mol. The fraction of sp³-hybridized carbons (Fsp3) is 0.280. The van der Waals surface area contributed by atoms with Crippen LogP contribution in [0.3, 0.4) is 0 Å². The Bertz CT molecular complexity index is 1230. The Balaban J connectivity index is 1.30. The molecule has 0 aliphatic carbocycles. The molecule has 1 saturated heterocycles. The SMILES string of the molecule is Cc1ccn2c(CN3CCN(C(=O)c4cccc5ccccc45)CC3)c(C)nc2c1. The third-order valence-corrected chi connectivity index (χ3v) is 6.13. The van der Waals surface area contributed by atoms with E-state index in [9.17, 15) is 4.79 Å². The number of amides is 1. The van der Waals surface area contributed by atoms with Crippen LogP contribution in [0.1, 0.15) is 27.3 Å². The van der Waals surface area contributed by atoms with E-state index >= 15 is 0 Å². The van der Waals surface area contributed by atoms with Gasteiger partial charge in [-0.25, -0.2) is 4.98 Å². The van der Waals surface area contributed by atoms with Crippen LogP contribution in [0.25, 0.3) is 16.4 Å². The third kappa shape index (κ3) is 3.35. The highest BCUT2D eigenvalue weighted by molar-refractivity contribution is 6.07. The van der Waals surface area contributed by atoms with E-state index in [1.54, 1.807) is 0 Å². The third-order valence-electron chi connectivity index (χ3n) is 6.13. The molecule has 0 unspecified atom stereocenters. The lowest BCUT2D eigenvalue weighted by Gasteiger charge is -2.35. The van der Waals surface area contributed by atoms with E-state index < -0.39 is 0 Å². The van der Waals surface area contributed by atoms with Gasteiger partial charge in [0.15, 0.2) is 0 Å². The Morgan fingerprint density at radius 1 is 0.967 bits per heavy atom. The number of benzene rings is 2. The molecule has 152 valence electrons. The summed E-state index contributed by atoms with van der Waals surface area (Å²) in [4.78, 5) is 22.3. The lowest BCUT2D eigenvalue weighted by atomic mass is 10.0. The van der Waals surface area contributed by atoms with Gasteiger partial charge in [0.2, 0.25) is 0 Å². The first-order valence-corrected chi connectivity index (χ1v) is 10.5. The van der Waals surface area contributed by atoms with Crippen molar-refractivity contribution in [3.8, 4) is 0 Å². The fourth-order valence-electron chi connectivity index (χ4n) is 4.41. The Kier molecular flexibility index (Phi) is 4.75. The molecule has 1 fully saturated rings. The van der Waals surface area contributed by atoms with Gasteiger partial charge in [0.1, 0.15) is 5.65 Å². The Labute approximate surface area is 176 Å². The van der Waals surface area contributed by atoms with E-state index in [-0.39, 0.29) is 5.91 Å². The molecule has 5 heteroatoms. The van der Waals surface area contributed by atoms with Crippen molar-refractivity contribution in [2.75, 3.05) is 26.2 Å². The number of fused-ring (bicyclic) bond motifs is 2. The first-order chi connectivity index (χ1) is 14.6. The number of imidazole rings is 1. The van der Waals surface area contributed by atoms with Crippen LogP contribution in [0.15, 0.2) is 60.8 Å². The van der Waals surface area contributed by atoms with Crippen LogP contribution < -0.4 is 0 Å². The molecule has 0 N–H and O–H groups in total. The van der Waals surface area contributed by atoms with Crippen molar-refractivity contribution < 1.29 is 4.79 Å². The van der Waals surface area contributed by atoms with E-state index in [1.807, 2.05) is 35.2 Å². The molecule has 0 saturated carbocycles. The Morgan fingerprint density at radius 3 is 2.57 bits per heavy atom. The van der Waals surface area contributed by atoms with Crippen molar-refractivity contribution in [3.05, 3.63) is 83.3 Å². The normalized spacial score (nSPS) is 15.2. The monoisotopic (exact) mass is 398 g/mol. The predicted molar refractivity (Wildman–Crippen MR) is 120 cm³/mol. The Hall–Kier alpha value is -3.18. The van der Waals surface area contributed by atoms with Gasteiger partial charge in [-0.2, -0.15) is 0 Å². The maximum atomic E-state index is 13.2. The summed E-state index contributed by atoms with van der Waals surface area (Å²) in [6, 6.07) is 18.3. The second kappa shape index (κ2) is 7.58. The van der Waals surface area contributed by atoms with Crippen molar-refractivity contribution in [2.45, 2.75) is 20.4 Å². The standard InChI is InChI=1S/C25H26N4O/c1-18-10-11-29-23(19(2)26-24(29)16-18)17-27-12-14-28(15-13-27)25(30)22-9-5-7-20-6-3-4-8-21(20)22/h3-11,16H,12-15,17H2,1-2H3. The smallest absolute Gasteiger partial charge is 0.254 e. The molecule has 5 nitrogen and oxygen atoms in total. The summed E-state index contributed by atoms with van der Waals surface area (Å²) in [5, 5.41) is 2.14. The molecule has 2 aromatic heterocycles. The summed E-state index contributed by atoms with van der Waals surface area (Å²) in [5.41, 5.74) is 5.34. The summed E-state index contributed by atoms with van der Waals surface area (Å²) in [6.07, 6.45) is 2.11. The van der Waals surface area contributed by atoms with E-state index in [2.05, 4.69) is 53.6 Å². The number of pyridine rings is 1. The van der Waals surface area contributed by atoms with Gasteiger partial charge in [0, 0.05) is 44.5 Å². The van der Waals surface area contributed by atoms with Crippen LogP contribution >= 0.6 is 0 Å². The molecule has 1 amide bonds. The molecular formula is C25H26N4O. The summed E-state index contributed by atoms with van der Waals surface area (Å²) in [5.74, 6) is 0.132. The van der Waals surface area contributed by atoms with Crippen LogP contribution in [-0.4, -0.2) is 51.3 Å². The van der Waals surface area contributed by atoms with Gasteiger partial charge in [0.25, 0.3) is 5.91 Å². The maximum Gasteiger partial charge on any atom is 0.254 e. The van der Waals surface area contributed by atoms with Gasteiger partial charge in [0.05, 0.1) is 11.4 Å². The summed E-state index contributed by atoms with van der Waals surface area (Å²) in [6.45, 7) is 8.26. The van der Waals surface area contributed by atoms with Crippen LogP contribution in [0.2, 0.25) is 0 Å². The highest BCUT2D eigenvalue weighted by Crippen LogP contribution is 2.21.